The highest BCUT2D eigenvalue weighted by molar-refractivity contribution is 7.13. The van der Waals surface area contributed by atoms with Crippen LogP contribution in [0.1, 0.15) is 10.5 Å². The summed E-state index contributed by atoms with van der Waals surface area (Å²) in [5, 5.41) is 19.8. The molecule has 1 aromatic rings. The van der Waals surface area contributed by atoms with Gasteiger partial charge in [0.1, 0.15) is 0 Å². The Bertz CT molecular complexity index is 332. The molecule has 1 saturated heterocycles. The van der Waals surface area contributed by atoms with Gasteiger partial charge < -0.3 is 15.1 Å². The monoisotopic (exact) mass is 200 g/mol. The molecule has 0 saturated carbocycles. The summed E-state index contributed by atoms with van der Waals surface area (Å²) in [7, 11) is 0. The highest BCUT2D eigenvalue weighted by Crippen LogP contribution is 2.24. The van der Waals surface area contributed by atoms with Gasteiger partial charge in [0.2, 0.25) is 0 Å². The first-order valence-corrected chi connectivity index (χ1v) is 4.66. The predicted octanol–water partition coefficient (Wildman–Crippen LogP) is 0.0222. The second kappa shape index (κ2) is 2.97. The maximum absolute atomic E-state index is 10.5. The number of hydrogen-bond acceptors (Lipinski definition) is 5. The van der Waals surface area contributed by atoms with E-state index in [-0.39, 0.29) is 11.8 Å². The van der Waals surface area contributed by atoms with Crippen molar-refractivity contribution in [1.82, 2.24) is 4.98 Å². The Kier molecular flexibility index (Phi) is 1.93. The van der Waals surface area contributed by atoms with Crippen LogP contribution in [0.15, 0.2) is 5.38 Å². The maximum Gasteiger partial charge on any atom is 0.355 e. The lowest BCUT2D eigenvalue weighted by molar-refractivity contribution is 0.0691. The summed E-state index contributed by atoms with van der Waals surface area (Å²) in [4.78, 5) is 16.2. The Labute approximate surface area is 78.3 Å². The molecule has 0 radical (unpaired) electrons. The lowest BCUT2D eigenvalue weighted by atomic mass is 10.2. The summed E-state index contributed by atoms with van der Waals surface area (Å²) in [6, 6.07) is 0. The number of carbonyl (C=O) groups is 1. The number of thiazole rings is 1. The van der Waals surface area contributed by atoms with Gasteiger partial charge in [-0.1, -0.05) is 0 Å². The number of aliphatic hydroxyl groups excluding tert-OH is 1. The second-order valence-electron chi connectivity index (χ2n) is 2.88. The molecule has 2 rings (SSSR count). The standard InChI is InChI=1S/C7H8N2O3S/c10-4-1-9(2-4)7-8-5(3-13-7)6(11)12/h3-4,10H,1-2H2,(H,11,12). The molecule has 6 heteroatoms. The third-order valence-corrected chi connectivity index (χ3v) is 2.75. The van der Waals surface area contributed by atoms with Gasteiger partial charge in [-0.05, 0) is 0 Å². The summed E-state index contributed by atoms with van der Waals surface area (Å²) in [5.74, 6) is -1.01. The highest BCUT2D eigenvalue weighted by Gasteiger charge is 2.27. The minimum absolute atomic E-state index is 0.0707. The molecular weight excluding hydrogens is 192 g/mol. The van der Waals surface area contributed by atoms with Gasteiger partial charge in [0.15, 0.2) is 10.8 Å². The van der Waals surface area contributed by atoms with E-state index in [0.717, 1.165) is 0 Å². The Morgan fingerprint density at radius 1 is 1.69 bits per heavy atom. The van der Waals surface area contributed by atoms with E-state index >= 15 is 0 Å². The fourth-order valence-electron chi connectivity index (χ4n) is 1.12. The molecule has 5 nitrogen and oxygen atoms in total. The first-order valence-electron chi connectivity index (χ1n) is 3.78. The SMILES string of the molecule is O=C(O)c1csc(N2CC(O)C2)n1. The number of hydrogen-bond donors (Lipinski definition) is 2. The zero-order chi connectivity index (χ0) is 9.42. The van der Waals surface area contributed by atoms with Gasteiger partial charge in [-0.2, -0.15) is 0 Å². The first-order chi connectivity index (χ1) is 6.16. The molecule has 1 aliphatic rings. The number of aliphatic hydroxyl groups is 1. The van der Waals surface area contributed by atoms with Crippen LogP contribution >= 0.6 is 11.3 Å². The molecular formula is C7H8N2O3S. The molecule has 0 aliphatic carbocycles. The van der Waals surface area contributed by atoms with Gasteiger partial charge in [-0.3, -0.25) is 0 Å². The van der Waals surface area contributed by atoms with Crippen LogP contribution in [0.5, 0.6) is 0 Å². The summed E-state index contributed by atoms with van der Waals surface area (Å²) < 4.78 is 0. The largest absolute Gasteiger partial charge is 0.476 e. The molecule has 13 heavy (non-hydrogen) atoms. The number of carboxylic acid groups (broad SMARTS) is 1. The maximum atomic E-state index is 10.5. The number of rotatable bonds is 2. The molecule has 0 atom stereocenters. The van der Waals surface area contributed by atoms with Crippen molar-refractivity contribution in [2.75, 3.05) is 18.0 Å². The van der Waals surface area contributed by atoms with Crippen LogP contribution in [0, 0.1) is 0 Å². The zero-order valence-electron chi connectivity index (χ0n) is 6.67. The average molecular weight is 200 g/mol. The van der Waals surface area contributed by atoms with E-state index < -0.39 is 5.97 Å². The van der Waals surface area contributed by atoms with Crippen molar-refractivity contribution in [1.29, 1.82) is 0 Å². The first kappa shape index (κ1) is 8.46. The molecule has 2 heterocycles. The minimum atomic E-state index is -1.01. The molecule has 0 amide bonds. The fourth-order valence-corrected chi connectivity index (χ4v) is 1.94. The molecule has 70 valence electrons. The molecule has 0 aromatic carbocycles. The molecule has 0 spiro atoms. The quantitative estimate of drug-likeness (QED) is 0.704. The second-order valence-corrected chi connectivity index (χ2v) is 3.72. The minimum Gasteiger partial charge on any atom is -0.476 e. The third kappa shape index (κ3) is 1.50. The van der Waals surface area contributed by atoms with Gasteiger partial charge in [-0.15, -0.1) is 11.3 Å². The van der Waals surface area contributed by atoms with E-state index in [2.05, 4.69) is 4.98 Å². The van der Waals surface area contributed by atoms with Crippen molar-refractivity contribution in [2.45, 2.75) is 6.10 Å². The van der Waals surface area contributed by atoms with Crippen LogP contribution in [0.2, 0.25) is 0 Å². The van der Waals surface area contributed by atoms with Crippen molar-refractivity contribution < 1.29 is 15.0 Å². The van der Waals surface area contributed by atoms with Gasteiger partial charge in [0.05, 0.1) is 6.10 Å². The molecule has 2 N–H and O–H groups in total. The Hall–Kier alpha value is -1.14. The summed E-state index contributed by atoms with van der Waals surface area (Å²) in [5.41, 5.74) is 0.0707. The van der Waals surface area contributed by atoms with Crippen LogP contribution in [-0.2, 0) is 0 Å². The average Bonchev–Trinajstić information content (AvgIpc) is 2.46. The lowest BCUT2D eigenvalue weighted by Crippen LogP contribution is -2.50. The number of carboxylic acids is 1. The van der Waals surface area contributed by atoms with Crippen LogP contribution in [0.25, 0.3) is 0 Å². The topological polar surface area (TPSA) is 73.7 Å². The predicted molar refractivity (Wildman–Crippen MR) is 47.3 cm³/mol. The third-order valence-electron chi connectivity index (χ3n) is 1.84. The van der Waals surface area contributed by atoms with Crippen molar-refractivity contribution in [3.8, 4) is 0 Å². The van der Waals surface area contributed by atoms with Crippen LogP contribution in [-0.4, -0.2) is 40.4 Å². The molecule has 0 bridgehead atoms. The van der Waals surface area contributed by atoms with Crippen molar-refractivity contribution in [2.24, 2.45) is 0 Å². The van der Waals surface area contributed by atoms with Gasteiger partial charge >= 0.3 is 5.97 Å². The number of anilines is 1. The van der Waals surface area contributed by atoms with E-state index in [1.54, 1.807) is 0 Å². The molecule has 1 fully saturated rings. The number of aromatic nitrogens is 1. The summed E-state index contributed by atoms with van der Waals surface area (Å²) >= 11 is 1.29. The van der Waals surface area contributed by atoms with Crippen molar-refractivity contribution in [3.05, 3.63) is 11.1 Å². The van der Waals surface area contributed by atoms with Gasteiger partial charge in [-0.25, -0.2) is 9.78 Å². The molecule has 1 aliphatic heterocycles. The van der Waals surface area contributed by atoms with Crippen molar-refractivity contribution in [3.63, 3.8) is 0 Å². The summed E-state index contributed by atoms with van der Waals surface area (Å²) in [6.07, 6.45) is -0.294. The fraction of sp³-hybridized carbons (Fsp3) is 0.429. The number of β-amino-alcohol motifs (C(OH)–C–C–N with tert-alkyl or cyclic N) is 1. The Morgan fingerprint density at radius 3 is 2.85 bits per heavy atom. The van der Waals surface area contributed by atoms with E-state index in [9.17, 15) is 4.79 Å². The Morgan fingerprint density at radius 2 is 2.38 bits per heavy atom. The number of nitrogens with zero attached hydrogens (tertiary/aromatic N) is 2. The summed E-state index contributed by atoms with van der Waals surface area (Å²) in [6.45, 7) is 1.10. The smallest absolute Gasteiger partial charge is 0.355 e. The van der Waals surface area contributed by atoms with E-state index in [4.69, 9.17) is 10.2 Å². The normalized spacial score (nSPS) is 17.2. The van der Waals surface area contributed by atoms with Gasteiger partial charge in [0.25, 0.3) is 0 Å². The van der Waals surface area contributed by atoms with E-state index in [1.165, 1.54) is 16.7 Å². The lowest BCUT2D eigenvalue weighted by Gasteiger charge is -2.35. The zero-order valence-corrected chi connectivity index (χ0v) is 7.49. The van der Waals surface area contributed by atoms with E-state index in [1.807, 2.05) is 4.90 Å². The Balaban J connectivity index is 2.10. The van der Waals surface area contributed by atoms with Crippen molar-refractivity contribution >= 4 is 22.4 Å². The van der Waals surface area contributed by atoms with E-state index in [0.29, 0.717) is 18.2 Å². The number of aromatic carboxylic acids is 1. The highest BCUT2D eigenvalue weighted by atomic mass is 32.1. The van der Waals surface area contributed by atoms with Crippen LogP contribution in [0.3, 0.4) is 0 Å². The van der Waals surface area contributed by atoms with Gasteiger partial charge in [0, 0.05) is 18.5 Å². The molecule has 1 aromatic heterocycles. The molecule has 0 unspecified atom stereocenters. The van der Waals surface area contributed by atoms with Crippen LogP contribution in [0.4, 0.5) is 5.13 Å². The van der Waals surface area contributed by atoms with Crippen LogP contribution < -0.4 is 4.90 Å².